The van der Waals surface area contributed by atoms with E-state index in [0.29, 0.717) is 23.6 Å². The Hall–Kier alpha value is -1.63. The Labute approximate surface area is 136 Å². The lowest BCUT2D eigenvalue weighted by Gasteiger charge is -2.10. The molecule has 3 nitrogen and oxygen atoms in total. The number of hydrogen-bond acceptors (Lipinski definition) is 2. The van der Waals surface area contributed by atoms with Crippen LogP contribution < -0.4 is 5.73 Å². The molecule has 1 heterocycles. The summed E-state index contributed by atoms with van der Waals surface area (Å²) in [5.41, 5.74) is 10.2. The third-order valence-electron chi connectivity index (χ3n) is 3.58. The van der Waals surface area contributed by atoms with Gasteiger partial charge in [-0.1, -0.05) is 12.1 Å². The van der Waals surface area contributed by atoms with Crippen molar-refractivity contribution >= 4 is 39.6 Å². The molecule has 0 aliphatic carbocycles. The van der Waals surface area contributed by atoms with Crippen LogP contribution in [0.2, 0.25) is 0 Å². The molecule has 0 atom stereocenters. The Balaban J connectivity index is 2.08. The Bertz CT molecular complexity index is 816. The van der Waals surface area contributed by atoms with E-state index in [1.54, 1.807) is 13.8 Å². The first-order valence-corrected chi connectivity index (χ1v) is 7.70. The highest BCUT2D eigenvalue weighted by Crippen LogP contribution is 2.23. The van der Waals surface area contributed by atoms with Crippen molar-refractivity contribution in [1.29, 1.82) is 0 Å². The third-order valence-corrected chi connectivity index (χ3v) is 4.25. The van der Waals surface area contributed by atoms with Crippen LogP contribution in [0.4, 0.5) is 10.3 Å². The highest BCUT2D eigenvalue weighted by Gasteiger charge is 2.11. The summed E-state index contributed by atoms with van der Waals surface area (Å²) in [6.45, 7) is 4.15. The number of imidazole rings is 1. The summed E-state index contributed by atoms with van der Waals surface area (Å²) in [5.74, 6) is 0.336. The molecule has 0 amide bonds. The van der Waals surface area contributed by atoms with Crippen molar-refractivity contribution in [2.45, 2.75) is 20.4 Å². The fourth-order valence-corrected chi connectivity index (χ4v) is 3.07. The maximum absolute atomic E-state index is 13.7. The molecule has 3 aromatic rings. The highest BCUT2D eigenvalue weighted by atomic mass is 127. The van der Waals surface area contributed by atoms with Gasteiger partial charge in [0.2, 0.25) is 5.95 Å². The van der Waals surface area contributed by atoms with E-state index in [0.717, 1.165) is 20.2 Å². The molecule has 0 saturated carbocycles. The van der Waals surface area contributed by atoms with E-state index in [1.165, 1.54) is 0 Å². The van der Waals surface area contributed by atoms with Crippen LogP contribution in [0.3, 0.4) is 0 Å². The number of hydrogen-bond donors (Lipinski definition) is 1. The zero-order valence-electron chi connectivity index (χ0n) is 11.8. The van der Waals surface area contributed by atoms with Gasteiger partial charge < -0.3 is 10.3 Å². The normalized spacial score (nSPS) is 11.2. The Morgan fingerprint density at radius 3 is 2.52 bits per heavy atom. The molecule has 0 fully saturated rings. The van der Waals surface area contributed by atoms with Gasteiger partial charge in [0.1, 0.15) is 5.82 Å². The monoisotopic (exact) mass is 395 g/mol. The molecule has 5 heteroatoms. The van der Waals surface area contributed by atoms with E-state index in [1.807, 2.05) is 34.9 Å². The number of nitrogen functional groups attached to an aromatic ring is 1. The molecule has 1 aromatic heterocycles. The van der Waals surface area contributed by atoms with Gasteiger partial charge in [-0.05, 0) is 71.3 Å². The van der Waals surface area contributed by atoms with Crippen LogP contribution in [-0.2, 0) is 6.54 Å². The van der Waals surface area contributed by atoms with Gasteiger partial charge >= 0.3 is 0 Å². The molecular weight excluding hydrogens is 380 g/mol. The molecule has 0 saturated heterocycles. The molecule has 21 heavy (non-hydrogen) atoms. The first kappa shape index (κ1) is 14.3. The van der Waals surface area contributed by atoms with Gasteiger partial charge in [-0.2, -0.15) is 0 Å². The molecule has 2 aromatic carbocycles. The summed E-state index contributed by atoms with van der Waals surface area (Å²) in [6.07, 6.45) is 0. The van der Waals surface area contributed by atoms with E-state index in [4.69, 9.17) is 5.73 Å². The number of aryl methyl sites for hydroxylation is 2. The van der Waals surface area contributed by atoms with E-state index in [2.05, 4.69) is 27.6 Å². The first-order chi connectivity index (χ1) is 9.95. The second-order valence-electron chi connectivity index (χ2n) is 5.23. The number of anilines is 1. The average Bonchev–Trinajstić information content (AvgIpc) is 2.71. The van der Waals surface area contributed by atoms with Gasteiger partial charge in [-0.3, -0.25) is 0 Å². The van der Waals surface area contributed by atoms with Crippen LogP contribution in [-0.4, -0.2) is 9.55 Å². The molecule has 0 spiro atoms. The van der Waals surface area contributed by atoms with Crippen molar-refractivity contribution in [2.24, 2.45) is 0 Å². The minimum atomic E-state index is -0.142. The van der Waals surface area contributed by atoms with Gasteiger partial charge in [0.05, 0.1) is 17.6 Å². The van der Waals surface area contributed by atoms with Gasteiger partial charge in [0, 0.05) is 3.57 Å². The number of benzene rings is 2. The maximum Gasteiger partial charge on any atom is 0.201 e. The predicted octanol–water partition coefficient (Wildman–Crippen LogP) is 4.03. The summed E-state index contributed by atoms with van der Waals surface area (Å²) in [4.78, 5) is 4.39. The summed E-state index contributed by atoms with van der Waals surface area (Å²) >= 11 is 2.25. The minimum Gasteiger partial charge on any atom is -0.369 e. The molecule has 0 radical (unpaired) electrons. The van der Waals surface area contributed by atoms with Crippen molar-refractivity contribution in [3.8, 4) is 0 Å². The van der Waals surface area contributed by atoms with Crippen LogP contribution in [0, 0.1) is 23.2 Å². The summed E-state index contributed by atoms with van der Waals surface area (Å²) in [5, 5.41) is 0. The lowest BCUT2D eigenvalue weighted by molar-refractivity contribution is 0.607. The lowest BCUT2D eigenvalue weighted by Crippen LogP contribution is -2.05. The van der Waals surface area contributed by atoms with Crippen LogP contribution in [0.15, 0.2) is 30.3 Å². The number of rotatable bonds is 2. The number of fused-ring (bicyclic) bond motifs is 1. The largest absolute Gasteiger partial charge is 0.369 e. The average molecular weight is 395 g/mol. The lowest BCUT2D eigenvalue weighted by atomic mass is 10.1. The molecule has 3 rings (SSSR count). The fraction of sp³-hybridized carbons (Fsp3) is 0.188. The second-order valence-corrected chi connectivity index (χ2v) is 6.48. The van der Waals surface area contributed by atoms with Gasteiger partial charge in [-0.15, -0.1) is 0 Å². The molecule has 108 valence electrons. The van der Waals surface area contributed by atoms with Gasteiger partial charge in [0.15, 0.2) is 0 Å². The summed E-state index contributed by atoms with van der Waals surface area (Å²) in [6, 6.07) is 9.77. The summed E-state index contributed by atoms with van der Waals surface area (Å²) in [7, 11) is 0. The van der Waals surface area contributed by atoms with Crippen LogP contribution >= 0.6 is 22.6 Å². The third kappa shape index (κ3) is 2.62. The summed E-state index contributed by atoms with van der Waals surface area (Å²) < 4.78 is 16.8. The zero-order chi connectivity index (χ0) is 15.1. The molecule has 2 N–H and O–H groups in total. The standard InChI is InChI=1S/C16H15FIN3/c1-9-5-11(6-10(2)15(9)17)8-21-14-4-3-12(18)7-13(14)20-16(21)19/h3-7H,8H2,1-2H3,(H2,19,20). The van der Waals surface area contributed by atoms with E-state index < -0.39 is 0 Å². The van der Waals surface area contributed by atoms with Crippen LogP contribution in [0.1, 0.15) is 16.7 Å². The Morgan fingerprint density at radius 2 is 1.86 bits per heavy atom. The first-order valence-electron chi connectivity index (χ1n) is 6.62. The van der Waals surface area contributed by atoms with Crippen molar-refractivity contribution < 1.29 is 4.39 Å². The van der Waals surface area contributed by atoms with E-state index in [9.17, 15) is 4.39 Å². The quantitative estimate of drug-likeness (QED) is 0.666. The smallest absolute Gasteiger partial charge is 0.201 e. The van der Waals surface area contributed by atoms with Gasteiger partial charge in [-0.25, -0.2) is 9.37 Å². The number of aromatic nitrogens is 2. The molecule has 0 unspecified atom stereocenters. The number of halogens is 2. The molecule has 0 bridgehead atoms. The zero-order valence-corrected chi connectivity index (χ0v) is 14.0. The van der Waals surface area contributed by atoms with Crippen molar-refractivity contribution in [3.63, 3.8) is 0 Å². The molecule has 0 aliphatic rings. The minimum absolute atomic E-state index is 0.142. The van der Waals surface area contributed by atoms with Crippen molar-refractivity contribution in [2.75, 3.05) is 5.73 Å². The number of nitrogens with two attached hydrogens (primary N) is 1. The van der Waals surface area contributed by atoms with E-state index >= 15 is 0 Å². The van der Waals surface area contributed by atoms with Crippen molar-refractivity contribution in [3.05, 3.63) is 56.4 Å². The molecular formula is C16H15FIN3. The van der Waals surface area contributed by atoms with Crippen LogP contribution in [0.5, 0.6) is 0 Å². The van der Waals surface area contributed by atoms with Crippen molar-refractivity contribution in [1.82, 2.24) is 9.55 Å². The maximum atomic E-state index is 13.7. The van der Waals surface area contributed by atoms with Gasteiger partial charge in [0.25, 0.3) is 0 Å². The highest BCUT2D eigenvalue weighted by molar-refractivity contribution is 14.1. The SMILES string of the molecule is Cc1cc(Cn2c(N)nc3cc(I)ccc32)cc(C)c1F. The number of nitrogens with zero attached hydrogens (tertiary/aromatic N) is 2. The van der Waals surface area contributed by atoms with Crippen LogP contribution in [0.25, 0.3) is 11.0 Å². The topological polar surface area (TPSA) is 43.8 Å². The molecule has 0 aliphatic heterocycles. The second kappa shape index (κ2) is 5.29. The Morgan fingerprint density at radius 1 is 1.19 bits per heavy atom. The Kier molecular flexibility index (Phi) is 3.61. The van der Waals surface area contributed by atoms with E-state index in [-0.39, 0.29) is 5.82 Å². The predicted molar refractivity (Wildman–Crippen MR) is 91.8 cm³/mol. The fourth-order valence-electron chi connectivity index (χ4n) is 2.60.